The minimum Gasteiger partial charge on any atom is -0.506 e. The van der Waals surface area contributed by atoms with Crippen molar-refractivity contribution in [3.63, 3.8) is 0 Å². The third-order valence-corrected chi connectivity index (χ3v) is 2.13. The Morgan fingerprint density at radius 1 is 1.69 bits per heavy atom. The lowest BCUT2D eigenvalue weighted by atomic mass is 10.1. The van der Waals surface area contributed by atoms with Gasteiger partial charge >= 0.3 is 0 Å². The van der Waals surface area contributed by atoms with E-state index in [1.54, 1.807) is 6.07 Å². The second kappa shape index (κ2) is 4.39. The molecule has 5 heteroatoms. The molecule has 0 radical (unpaired) electrons. The SMILES string of the molecule is N#CC[C@@H](N)c1nc(I)ccc1O. The highest BCUT2D eigenvalue weighted by Gasteiger charge is 2.12. The molecule has 0 aliphatic rings. The molecule has 1 aromatic heterocycles. The fourth-order valence-electron chi connectivity index (χ4n) is 0.911. The molecule has 0 spiro atoms. The smallest absolute Gasteiger partial charge is 0.138 e. The fraction of sp³-hybridized carbons (Fsp3) is 0.250. The van der Waals surface area contributed by atoms with Crippen molar-refractivity contribution in [2.75, 3.05) is 0 Å². The second-order valence-electron chi connectivity index (χ2n) is 2.51. The molecule has 4 nitrogen and oxygen atoms in total. The normalized spacial score (nSPS) is 12.1. The Morgan fingerprint density at radius 2 is 2.38 bits per heavy atom. The summed E-state index contributed by atoms with van der Waals surface area (Å²) in [4.78, 5) is 4.05. The van der Waals surface area contributed by atoms with Crippen LogP contribution in [0.4, 0.5) is 0 Å². The van der Waals surface area contributed by atoms with Crippen molar-refractivity contribution in [2.45, 2.75) is 12.5 Å². The van der Waals surface area contributed by atoms with Gasteiger partial charge in [-0.05, 0) is 34.7 Å². The maximum absolute atomic E-state index is 9.38. The maximum atomic E-state index is 9.38. The van der Waals surface area contributed by atoms with Crippen molar-refractivity contribution in [1.82, 2.24) is 4.98 Å². The van der Waals surface area contributed by atoms with E-state index >= 15 is 0 Å². The van der Waals surface area contributed by atoms with Gasteiger partial charge in [0.25, 0.3) is 0 Å². The van der Waals surface area contributed by atoms with Crippen molar-refractivity contribution in [2.24, 2.45) is 5.73 Å². The van der Waals surface area contributed by atoms with Crippen LogP contribution >= 0.6 is 22.6 Å². The van der Waals surface area contributed by atoms with Gasteiger partial charge in [-0.2, -0.15) is 5.26 Å². The largest absolute Gasteiger partial charge is 0.506 e. The molecule has 1 atom stereocenters. The lowest BCUT2D eigenvalue weighted by Crippen LogP contribution is -2.11. The highest BCUT2D eigenvalue weighted by Crippen LogP contribution is 2.22. The summed E-state index contributed by atoms with van der Waals surface area (Å²) in [6.45, 7) is 0. The Bertz CT molecular complexity index is 348. The predicted molar refractivity (Wildman–Crippen MR) is 55.8 cm³/mol. The number of hydrogen-bond donors (Lipinski definition) is 2. The number of nitriles is 1. The van der Waals surface area contributed by atoms with Gasteiger partial charge in [0.15, 0.2) is 0 Å². The number of aromatic nitrogens is 1. The molecule has 13 heavy (non-hydrogen) atoms. The standard InChI is InChI=1S/C8H8IN3O/c9-7-2-1-6(13)8(12-7)5(11)3-4-10/h1-2,5,13H,3,11H2/t5-/m1/s1. The van der Waals surface area contributed by atoms with E-state index in [-0.39, 0.29) is 12.2 Å². The molecule has 0 aliphatic heterocycles. The molecule has 0 saturated heterocycles. The Morgan fingerprint density at radius 3 is 3.00 bits per heavy atom. The molecule has 1 rings (SSSR count). The summed E-state index contributed by atoms with van der Waals surface area (Å²) in [5, 5.41) is 17.8. The summed E-state index contributed by atoms with van der Waals surface area (Å²) in [5.41, 5.74) is 6.01. The Labute approximate surface area is 89.5 Å². The van der Waals surface area contributed by atoms with Crippen LogP contribution < -0.4 is 5.73 Å². The van der Waals surface area contributed by atoms with Crippen LogP contribution in [0.5, 0.6) is 5.75 Å². The lowest BCUT2D eigenvalue weighted by molar-refractivity contribution is 0.456. The minimum atomic E-state index is -0.514. The van der Waals surface area contributed by atoms with Crippen LogP contribution in [0.25, 0.3) is 0 Å². The molecule has 0 bridgehead atoms. The molecule has 0 unspecified atom stereocenters. The van der Waals surface area contributed by atoms with Crippen molar-refractivity contribution in [1.29, 1.82) is 5.26 Å². The number of aromatic hydroxyl groups is 1. The molecule has 0 aliphatic carbocycles. The van der Waals surface area contributed by atoms with Gasteiger partial charge in [-0.1, -0.05) is 0 Å². The third kappa shape index (κ3) is 2.54. The Hall–Kier alpha value is -0.870. The van der Waals surface area contributed by atoms with Gasteiger partial charge in [0, 0.05) is 0 Å². The molecular weight excluding hydrogens is 281 g/mol. The summed E-state index contributed by atoms with van der Waals surface area (Å²) in [7, 11) is 0. The highest BCUT2D eigenvalue weighted by atomic mass is 127. The van der Waals surface area contributed by atoms with Gasteiger partial charge in [-0.25, -0.2) is 4.98 Å². The third-order valence-electron chi connectivity index (χ3n) is 1.53. The van der Waals surface area contributed by atoms with Crippen molar-refractivity contribution in [3.05, 3.63) is 21.5 Å². The maximum Gasteiger partial charge on any atom is 0.138 e. The number of rotatable bonds is 2. The van der Waals surface area contributed by atoms with Crippen molar-refractivity contribution >= 4 is 22.6 Å². The number of hydrogen-bond acceptors (Lipinski definition) is 4. The number of pyridine rings is 1. The quantitative estimate of drug-likeness (QED) is 0.635. The van der Waals surface area contributed by atoms with E-state index in [2.05, 4.69) is 4.98 Å². The van der Waals surface area contributed by atoms with Gasteiger partial charge in [0.1, 0.15) is 15.1 Å². The summed E-state index contributed by atoms with van der Waals surface area (Å²) in [5.74, 6) is 0.0446. The average molecular weight is 289 g/mol. The first kappa shape index (κ1) is 10.2. The molecule has 3 N–H and O–H groups in total. The molecule has 0 fully saturated rings. The molecule has 1 aromatic rings. The Balaban J connectivity index is 3.00. The summed E-state index contributed by atoms with van der Waals surface area (Å²) in [6, 6.07) is 4.63. The van der Waals surface area contributed by atoms with Crippen LogP contribution in [0.1, 0.15) is 18.2 Å². The number of nitrogens with zero attached hydrogens (tertiary/aromatic N) is 2. The predicted octanol–water partition coefficient (Wildman–Crippen LogP) is 1.31. The topological polar surface area (TPSA) is 82.9 Å². The van der Waals surface area contributed by atoms with Gasteiger partial charge in [-0.15, -0.1) is 0 Å². The number of nitrogens with two attached hydrogens (primary N) is 1. The van der Waals surface area contributed by atoms with E-state index in [1.165, 1.54) is 6.07 Å². The Kier molecular flexibility index (Phi) is 3.45. The van der Waals surface area contributed by atoms with E-state index in [0.717, 1.165) is 3.70 Å². The van der Waals surface area contributed by atoms with Gasteiger partial charge in [-0.3, -0.25) is 0 Å². The molecule has 0 saturated carbocycles. The summed E-state index contributed by atoms with van der Waals surface area (Å²) in [6.07, 6.45) is 0.153. The van der Waals surface area contributed by atoms with E-state index in [0.29, 0.717) is 5.69 Å². The van der Waals surface area contributed by atoms with Crippen LogP contribution in [0, 0.1) is 15.0 Å². The van der Waals surface area contributed by atoms with Crippen LogP contribution in [-0.2, 0) is 0 Å². The van der Waals surface area contributed by atoms with Crippen LogP contribution in [0.2, 0.25) is 0 Å². The van der Waals surface area contributed by atoms with Crippen LogP contribution in [0.15, 0.2) is 12.1 Å². The van der Waals surface area contributed by atoms with Gasteiger partial charge in [0.05, 0.1) is 18.5 Å². The molecule has 0 amide bonds. The van der Waals surface area contributed by atoms with Crippen molar-refractivity contribution in [3.8, 4) is 11.8 Å². The first-order chi connectivity index (χ1) is 6.15. The minimum absolute atomic E-state index is 0.0446. The van der Waals surface area contributed by atoms with Crippen molar-refractivity contribution < 1.29 is 5.11 Å². The van der Waals surface area contributed by atoms with Crippen LogP contribution in [-0.4, -0.2) is 10.1 Å². The van der Waals surface area contributed by atoms with Gasteiger partial charge in [0.2, 0.25) is 0 Å². The van der Waals surface area contributed by atoms with Gasteiger partial charge < -0.3 is 10.8 Å². The first-order valence-electron chi connectivity index (χ1n) is 3.63. The first-order valence-corrected chi connectivity index (χ1v) is 4.71. The number of halogens is 1. The molecule has 0 aromatic carbocycles. The van der Waals surface area contributed by atoms with E-state index in [1.807, 2.05) is 28.7 Å². The van der Waals surface area contributed by atoms with Crippen LogP contribution in [0.3, 0.4) is 0 Å². The fourth-order valence-corrected chi connectivity index (χ4v) is 1.35. The molecular formula is C8H8IN3O. The summed E-state index contributed by atoms with van der Waals surface area (Å²) < 4.78 is 0.749. The van der Waals surface area contributed by atoms with E-state index in [9.17, 15) is 5.11 Å². The van der Waals surface area contributed by atoms with E-state index in [4.69, 9.17) is 11.0 Å². The zero-order valence-electron chi connectivity index (χ0n) is 6.74. The zero-order valence-corrected chi connectivity index (χ0v) is 8.89. The van der Waals surface area contributed by atoms with E-state index < -0.39 is 6.04 Å². The molecule has 1 heterocycles. The zero-order chi connectivity index (χ0) is 9.84. The average Bonchev–Trinajstić information content (AvgIpc) is 2.09. The lowest BCUT2D eigenvalue weighted by Gasteiger charge is -2.08. The molecule has 68 valence electrons. The monoisotopic (exact) mass is 289 g/mol. The highest BCUT2D eigenvalue weighted by molar-refractivity contribution is 14.1. The second-order valence-corrected chi connectivity index (χ2v) is 3.61. The summed E-state index contributed by atoms with van der Waals surface area (Å²) >= 11 is 2.02.